The second kappa shape index (κ2) is 7.84. The molecule has 1 aliphatic rings. The standard InChI is InChI=1S/C27H23ClN2O/c28-23-7-3-6-22(15-23)26(31)30-24-12-10-20(11-13-24)25-17-27(25,29)16-18-8-9-19-4-1-2-5-21(19)14-18/h1-15,25H,16-17,29H2,(H,30,31)/t25-,27+/m0/s1. The van der Waals surface area contributed by atoms with Crippen LogP contribution in [0.5, 0.6) is 0 Å². The lowest BCUT2D eigenvalue weighted by Crippen LogP contribution is -2.27. The Balaban J connectivity index is 1.25. The zero-order valence-corrected chi connectivity index (χ0v) is 17.8. The van der Waals surface area contributed by atoms with Crippen LogP contribution in [-0.2, 0) is 6.42 Å². The molecule has 4 aromatic rings. The smallest absolute Gasteiger partial charge is 0.255 e. The first-order chi connectivity index (χ1) is 15.0. The van der Waals surface area contributed by atoms with Crippen molar-refractivity contribution in [3.63, 3.8) is 0 Å². The molecule has 5 rings (SSSR count). The summed E-state index contributed by atoms with van der Waals surface area (Å²) < 4.78 is 0. The summed E-state index contributed by atoms with van der Waals surface area (Å²) in [5, 5.41) is 5.97. The van der Waals surface area contributed by atoms with E-state index in [0.717, 1.165) is 18.5 Å². The van der Waals surface area contributed by atoms with Crippen LogP contribution in [-0.4, -0.2) is 11.4 Å². The number of carbonyl (C=O) groups is 1. The van der Waals surface area contributed by atoms with Crippen LogP contribution < -0.4 is 11.1 Å². The predicted molar refractivity (Wildman–Crippen MR) is 128 cm³/mol. The van der Waals surface area contributed by atoms with Crippen molar-refractivity contribution in [1.82, 2.24) is 0 Å². The summed E-state index contributed by atoms with van der Waals surface area (Å²) in [7, 11) is 0. The highest BCUT2D eigenvalue weighted by Gasteiger charge is 2.51. The minimum absolute atomic E-state index is 0.175. The minimum Gasteiger partial charge on any atom is -0.324 e. The van der Waals surface area contributed by atoms with E-state index >= 15 is 0 Å². The number of anilines is 1. The maximum absolute atomic E-state index is 12.4. The normalized spacial score (nSPS) is 19.9. The largest absolute Gasteiger partial charge is 0.324 e. The molecule has 1 amide bonds. The average molecular weight is 427 g/mol. The van der Waals surface area contributed by atoms with Crippen LogP contribution in [0.4, 0.5) is 5.69 Å². The summed E-state index contributed by atoms with van der Waals surface area (Å²) in [6, 6.07) is 29.9. The van der Waals surface area contributed by atoms with Gasteiger partial charge < -0.3 is 11.1 Å². The van der Waals surface area contributed by atoms with E-state index in [9.17, 15) is 4.79 Å². The first kappa shape index (κ1) is 19.8. The molecule has 4 heteroatoms. The number of rotatable bonds is 5. The van der Waals surface area contributed by atoms with Gasteiger partial charge in [0.2, 0.25) is 0 Å². The molecule has 3 N–H and O–H groups in total. The zero-order valence-electron chi connectivity index (χ0n) is 17.0. The molecule has 1 fully saturated rings. The van der Waals surface area contributed by atoms with E-state index in [1.807, 2.05) is 12.1 Å². The predicted octanol–water partition coefficient (Wildman–Crippen LogP) is 6.17. The summed E-state index contributed by atoms with van der Waals surface area (Å²) in [5.41, 5.74) is 10.3. The number of hydrogen-bond acceptors (Lipinski definition) is 2. The van der Waals surface area contributed by atoms with Crippen LogP contribution in [0.2, 0.25) is 5.02 Å². The Labute approximate surface area is 186 Å². The van der Waals surface area contributed by atoms with Gasteiger partial charge >= 0.3 is 0 Å². The first-order valence-corrected chi connectivity index (χ1v) is 10.8. The van der Waals surface area contributed by atoms with E-state index < -0.39 is 0 Å². The van der Waals surface area contributed by atoms with Gasteiger partial charge in [-0.1, -0.05) is 72.3 Å². The van der Waals surface area contributed by atoms with Gasteiger partial charge in [-0.3, -0.25) is 4.79 Å². The van der Waals surface area contributed by atoms with Gasteiger partial charge in [0.25, 0.3) is 5.91 Å². The maximum atomic E-state index is 12.4. The minimum atomic E-state index is -0.214. The molecule has 4 aromatic carbocycles. The highest BCUT2D eigenvalue weighted by Crippen LogP contribution is 2.51. The van der Waals surface area contributed by atoms with Crippen molar-refractivity contribution >= 4 is 34.0 Å². The Hall–Kier alpha value is -3.14. The van der Waals surface area contributed by atoms with E-state index in [1.165, 1.54) is 21.9 Å². The Morgan fingerprint density at radius 3 is 2.48 bits per heavy atom. The second-order valence-electron chi connectivity index (χ2n) is 8.43. The summed E-state index contributed by atoms with van der Waals surface area (Å²) in [5.74, 6) is 0.155. The molecule has 0 heterocycles. The van der Waals surface area contributed by atoms with E-state index in [0.29, 0.717) is 16.5 Å². The van der Waals surface area contributed by atoms with E-state index in [4.69, 9.17) is 17.3 Å². The molecule has 31 heavy (non-hydrogen) atoms. The molecule has 3 nitrogen and oxygen atoms in total. The Morgan fingerprint density at radius 2 is 1.71 bits per heavy atom. The zero-order chi connectivity index (χ0) is 21.4. The lowest BCUT2D eigenvalue weighted by Gasteiger charge is -2.13. The molecule has 0 unspecified atom stereocenters. The monoisotopic (exact) mass is 426 g/mol. The van der Waals surface area contributed by atoms with Gasteiger partial charge in [-0.25, -0.2) is 0 Å². The lowest BCUT2D eigenvalue weighted by molar-refractivity contribution is 0.102. The van der Waals surface area contributed by atoms with Crippen LogP contribution in [0.15, 0.2) is 91.0 Å². The summed E-state index contributed by atoms with van der Waals surface area (Å²) in [4.78, 5) is 12.4. The third-order valence-corrected chi connectivity index (χ3v) is 6.36. The quantitative estimate of drug-likeness (QED) is 0.400. The summed E-state index contributed by atoms with van der Waals surface area (Å²) in [6.45, 7) is 0. The van der Waals surface area contributed by atoms with Gasteiger partial charge in [0.15, 0.2) is 0 Å². The molecule has 1 saturated carbocycles. The number of benzene rings is 4. The number of hydrogen-bond donors (Lipinski definition) is 2. The van der Waals surface area contributed by atoms with Crippen molar-refractivity contribution in [3.05, 3.63) is 113 Å². The fourth-order valence-electron chi connectivity index (χ4n) is 4.33. The average Bonchev–Trinajstić information content (AvgIpc) is 3.44. The van der Waals surface area contributed by atoms with Crippen LogP contribution in [0.3, 0.4) is 0 Å². The molecule has 0 aliphatic heterocycles. The SMILES string of the molecule is N[C@]1(Cc2ccc3ccccc3c2)C[C@H]1c1ccc(NC(=O)c2cccc(Cl)c2)cc1. The van der Waals surface area contributed by atoms with Crippen LogP contribution in [0.1, 0.15) is 33.8 Å². The molecule has 0 radical (unpaired) electrons. The van der Waals surface area contributed by atoms with Crippen LogP contribution in [0, 0.1) is 0 Å². The van der Waals surface area contributed by atoms with Gasteiger partial charge in [-0.2, -0.15) is 0 Å². The summed E-state index contributed by atoms with van der Waals surface area (Å²) >= 11 is 5.98. The van der Waals surface area contributed by atoms with Gasteiger partial charge in [-0.15, -0.1) is 0 Å². The fourth-order valence-corrected chi connectivity index (χ4v) is 4.52. The molecule has 0 saturated heterocycles. The van der Waals surface area contributed by atoms with Crippen molar-refractivity contribution in [2.45, 2.75) is 24.3 Å². The number of nitrogens with one attached hydrogen (secondary N) is 1. The molecular weight excluding hydrogens is 404 g/mol. The molecular formula is C27H23ClN2O. The maximum Gasteiger partial charge on any atom is 0.255 e. The summed E-state index contributed by atoms with van der Waals surface area (Å²) in [6.07, 6.45) is 1.82. The number of fused-ring (bicyclic) bond motifs is 1. The molecule has 0 aromatic heterocycles. The Bertz CT molecular complexity index is 1270. The number of carbonyl (C=O) groups excluding carboxylic acids is 1. The topological polar surface area (TPSA) is 55.1 Å². The fraction of sp³-hybridized carbons (Fsp3) is 0.148. The number of nitrogens with two attached hydrogens (primary N) is 1. The molecule has 154 valence electrons. The molecule has 2 atom stereocenters. The third-order valence-electron chi connectivity index (χ3n) is 6.12. The van der Waals surface area contributed by atoms with Crippen molar-refractivity contribution in [2.75, 3.05) is 5.32 Å². The van der Waals surface area contributed by atoms with Gasteiger partial charge in [0.1, 0.15) is 0 Å². The van der Waals surface area contributed by atoms with Crippen LogP contribution >= 0.6 is 11.6 Å². The van der Waals surface area contributed by atoms with E-state index in [1.54, 1.807) is 24.3 Å². The van der Waals surface area contributed by atoms with Crippen molar-refractivity contribution in [3.8, 4) is 0 Å². The molecule has 1 aliphatic carbocycles. The Kier molecular flexibility index (Phi) is 5.01. The number of amides is 1. The first-order valence-electron chi connectivity index (χ1n) is 10.4. The van der Waals surface area contributed by atoms with E-state index in [-0.39, 0.29) is 11.4 Å². The van der Waals surface area contributed by atoms with Crippen molar-refractivity contribution < 1.29 is 4.79 Å². The third kappa shape index (κ3) is 4.20. The van der Waals surface area contributed by atoms with E-state index in [2.05, 4.69) is 59.9 Å². The number of halogens is 1. The highest BCUT2D eigenvalue weighted by molar-refractivity contribution is 6.31. The van der Waals surface area contributed by atoms with Gasteiger partial charge in [0.05, 0.1) is 0 Å². The van der Waals surface area contributed by atoms with Crippen LogP contribution in [0.25, 0.3) is 10.8 Å². The highest BCUT2D eigenvalue weighted by atomic mass is 35.5. The van der Waals surface area contributed by atoms with Crippen molar-refractivity contribution in [2.24, 2.45) is 5.73 Å². The molecule has 0 spiro atoms. The Morgan fingerprint density at radius 1 is 0.935 bits per heavy atom. The molecule has 0 bridgehead atoms. The van der Waals surface area contributed by atoms with Gasteiger partial charge in [0, 0.05) is 27.7 Å². The van der Waals surface area contributed by atoms with Crippen molar-refractivity contribution in [1.29, 1.82) is 0 Å². The second-order valence-corrected chi connectivity index (χ2v) is 8.87. The van der Waals surface area contributed by atoms with Gasteiger partial charge in [-0.05, 0) is 65.1 Å². The lowest BCUT2D eigenvalue weighted by atomic mass is 9.97.